The van der Waals surface area contributed by atoms with E-state index in [9.17, 15) is 18.4 Å². The van der Waals surface area contributed by atoms with E-state index in [1.807, 2.05) is 4.90 Å². The van der Waals surface area contributed by atoms with E-state index in [-0.39, 0.29) is 30.0 Å². The van der Waals surface area contributed by atoms with Crippen LogP contribution in [0.3, 0.4) is 0 Å². The molecule has 1 aliphatic heterocycles. The quantitative estimate of drug-likeness (QED) is 0.865. The van der Waals surface area contributed by atoms with Gasteiger partial charge in [0.05, 0.1) is 12.2 Å². The van der Waals surface area contributed by atoms with E-state index in [1.165, 1.54) is 36.4 Å². The van der Waals surface area contributed by atoms with Crippen molar-refractivity contribution in [1.82, 2.24) is 9.80 Å². The number of rotatable bonds is 4. The predicted octanol–water partition coefficient (Wildman–Crippen LogP) is 2.75. The summed E-state index contributed by atoms with van der Waals surface area (Å²) < 4.78 is 26.5. The Balaban J connectivity index is 1.44. The number of hydrogen-bond donors (Lipinski definition) is 2. The number of hydrogen-bond acceptors (Lipinski definition) is 3. The molecule has 0 radical (unpaired) electrons. The highest BCUT2D eigenvalue weighted by Gasteiger charge is 2.23. The summed E-state index contributed by atoms with van der Waals surface area (Å²) in [6, 6.07) is 11.2. The Morgan fingerprint density at radius 1 is 0.889 bits per heavy atom. The van der Waals surface area contributed by atoms with Crippen molar-refractivity contribution in [2.75, 3.05) is 43.4 Å². The van der Waals surface area contributed by atoms with E-state index in [0.29, 0.717) is 31.9 Å². The maximum Gasteiger partial charge on any atom is 0.322 e. The molecule has 8 heteroatoms. The van der Waals surface area contributed by atoms with Gasteiger partial charge in [-0.15, -0.1) is 0 Å². The first-order chi connectivity index (χ1) is 13.0. The minimum atomic E-state index is -0.484. The van der Waals surface area contributed by atoms with Crippen molar-refractivity contribution in [3.05, 3.63) is 60.2 Å². The van der Waals surface area contributed by atoms with Crippen molar-refractivity contribution in [1.29, 1.82) is 0 Å². The molecule has 0 aromatic heterocycles. The zero-order chi connectivity index (χ0) is 19.2. The van der Waals surface area contributed by atoms with Gasteiger partial charge in [-0.1, -0.05) is 12.1 Å². The molecule has 1 fully saturated rings. The average molecular weight is 374 g/mol. The van der Waals surface area contributed by atoms with Gasteiger partial charge in [-0.3, -0.25) is 9.69 Å². The highest BCUT2D eigenvalue weighted by molar-refractivity contribution is 5.92. The van der Waals surface area contributed by atoms with Crippen molar-refractivity contribution in [2.24, 2.45) is 0 Å². The number of halogens is 2. The van der Waals surface area contributed by atoms with Gasteiger partial charge in [-0.05, 0) is 36.4 Å². The van der Waals surface area contributed by atoms with Crippen LogP contribution in [0.2, 0.25) is 0 Å². The second-order valence-electron chi connectivity index (χ2n) is 6.23. The van der Waals surface area contributed by atoms with Crippen LogP contribution in [0.25, 0.3) is 0 Å². The average Bonchev–Trinajstić information content (AvgIpc) is 2.66. The molecule has 2 N–H and O–H groups in total. The zero-order valence-electron chi connectivity index (χ0n) is 14.6. The van der Waals surface area contributed by atoms with Gasteiger partial charge in [0, 0.05) is 31.9 Å². The molecule has 0 bridgehead atoms. The van der Waals surface area contributed by atoms with Gasteiger partial charge in [0.1, 0.15) is 11.6 Å². The number of piperazine rings is 1. The molecule has 6 nitrogen and oxygen atoms in total. The SMILES string of the molecule is O=C(CN1CCN(C(=O)Nc2ccccc2F)CC1)Nc1ccc(F)cc1. The molecule has 1 heterocycles. The summed E-state index contributed by atoms with van der Waals surface area (Å²) in [7, 11) is 0. The highest BCUT2D eigenvalue weighted by Crippen LogP contribution is 2.14. The van der Waals surface area contributed by atoms with Gasteiger partial charge in [-0.2, -0.15) is 0 Å². The third-order valence-corrected chi connectivity index (χ3v) is 4.27. The summed E-state index contributed by atoms with van der Waals surface area (Å²) in [4.78, 5) is 27.8. The third-order valence-electron chi connectivity index (χ3n) is 4.27. The molecule has 0 unspecified atom stereocenters. The molecule has 1 saturated heterocycles. The fourth-order valence-electron chi connectivity index (χ4n) is 2.80. The minimum absolute atomic E-state index is 0.142. The van der Waals surface area contributed by atoms with Crippen molar-refractivity contribution in [3.63, 3.8) is 0 Å². The van der Waals surface area contributed by atoms with E-state index >= 15 is 0 Å². The van der Waals surface area contributed by atoms with Crippen molar-refractivity contribution >= 4 is 23.3 Å². The lowest BCUT2D eigenvalue weighted by Crippen LogP contribution is -2.51. The Labute approximate surface area is 155 Å². The van der Waals surface area contributed by atoms with Gasteiger partial charge in [0.2, 0.25) is 5.91 Å². The molecule has 3 amide bonds. The Kier molecular flexibility index (Phi) is 5.97. The zero-order valence-corrected chi connectivity index (χ0v) is 14.6. The van der Waals surface area contributed by atoms with Gasteiger partial charge in [0.25, 0.3) is 0 Å². The molecule has 0 saturated carbocycles. The first kappa shape index (κ1) is 18.8. The van der Waals surface area contributed by atoms with Gasteiger partial charge < -0.3 is 15.5 Å². The summed E-state index contributed by atoms with van der Waals surface area (Å²) in [5.74, 6) is -1.05. The van der Waals surface area contributed by atoms with E-state index < -0.39 is 5.82 Å². The number of benzene rings is 2. The first-order valence-electron chi connectivity index (χ1n) is 8.59. The Morgan fingerprint density at radius 3 is 2.22 bits per heavy atom. The van der Waals surface area contributed by atoms with Crippen LogP contribution in [0, 0.1) is 11.6 Å². The maximum absolute atomic E-state index is 13.6. The van der Waals surface area contributed by atoms with Crippen LogP contribution in [-0.2, 0) is 4.79 Å². The van der Waals surface area contributed by atoms with Crippen LogP contribution >= 0.6 is 0 Å². The van der Waals surface area contributed by atoms with Crippen LogP contribution < -0.4 is 10.6 Å². The molecule has 1 aliphatic rings. The molecule has 2 aromatic rings. The number of para-hydroxylation sites is 1. The molecule has 0 aliphatic carbocycles. The highest BCUT2D eigenvalue weighted by atomic mass is 19.1. The van der Waals surface area contributed by atoms with Crippen LogP contribution in [-0.4, -0.2) is 54.5 Å². The van der Waals surface area contributed by atoms with Crippen molar-refractivity contribution in [2.45, 2.75) is 0 Å². The van der Waals surface area contributed by atoms with Gasteiger partial charge in [-0.25, -0.2) is 13.6 Å². The van der Waals surface area contributed by atoms with Crippen LogP contribution in [0.4, 0.5) is 25.0 Å². The second kappa shape index (κ2) is 8.59. The van der Waals surface area contributed by atoms with E-state index in [4.69, 9.17) is 0 Å². The lowest BCUT2D eigenvalue weighted by molar-refractivity contribution is -0.117. The predicted molar refractivity (Wildman–Crippen MR) is 98.5 cm³/mol. The third kappa shape index (κ3) is 5.24. The van der Waals surface area contributed by atoms with E-state index in [1.54, 1.807) is 17.0 Å². The van der Waals surface area contributed by atoms with Crippen molar-refractivity contribution < 1.29 is 18.4 Å². The first-order valence-corrected chi connectivity index (χ1v) is 8.59. The van der Waals surface area contributed by atoms with E-state index in [0.717, 1.165) is 0 Å². The fourth-order valence-corrected chi connectivity index (χ4v) is 2.80. The number of carbonyl (C=O) groups excluding carboxylic acids is 2. The Morgan fingerprint density at radius 2 is 1.56 bits per heavy atom. The summed E-state index contributed by atoms with van der Waals surface area (Å²) in [6.07, 6.45) is 0. The lowest BCUT2D eigenvalue weighted by atomic mass is 10.3. The van der Waals surface area contributed by atoms with Crippen LogP contribution in [0.5, 0.6) is 0 Å². The number of carbonyl (C=O) groups is 2. The Hall–Kier alpha value is -3.00. The van der Waals surface area contributed by atoms with Gasteiger partial charge in [0.15, 0.2) is 0 Å². The molecular weight excluding hydrogens is 354 g/mol. The molecule has 2 aromatic carbocycles. The van der Waals surface area contributed by atoms with E-state index in [2.05, 4.69) is 10.6 Å². The topological polar surface area (TPSA) is 64.7 Å². The minimum Gasteiger partial charge on any atom is -0.325 e. The summed E-state index contributed by atoms with van der Waals surface area (Å²) in [6.45, 7) is 2.11. The molecule has 0 spiro atoms. The monoisotopic (exact) mass is 374 g/mol. The fraction of sp³-hybridized carbons (Fsp3) is 0.263. The molecule has 3 rings (SSSR count). The number of nitrogens with one attached hydrogen (secondary N) is 2. The lowest BCUT2D eigenvalue weighted by Gasteiger charge is -2.34. The largest absolute Gasteiger partial charge is 0.325 e. The normalized spacial score (nSPS) is 14.7. The van der Waals surface area contributed by atoms with Crippen LogP contribution in [0.1, 0.15) is 0 Å². The number of anilines is 2. The summed E-state index contributed by atoms with van der Waals surface area (Å²) in [5.41, 5.74) is 0.674. The van der Waals surface area contributed by atoms with Crippen molar-refractivity contribution in [3.8, 4) is 0 Å². The second-order valence-corrected chi connectivity index (χ2v) is 6.23. The maximum atomic E-state index is 13.6. The number of amides is 3. The Bertz CT molecular complexity index is 806. The van der Waals surface area contributed by atoms with Gasteiger partial charge >= 0.3 is 6.03 Å². The summed E-state index contributed by atoms with van der Waals surface area (Å²) >= 11 is 0. The smallest absolute Gasteiger partial charge is 0.322 e. The molecule has 0 atom stereocenters. The van der Waals surface area contributed by atoms with Crippen LogP contribution in [0.15, 0.2) is 48.5 Å². The molecule has 142 valence electrons. The number of urea groups is 1. The number of nitrogens with zero attached hydrogens (tertiary/aromatic N) is 2. The summed E-state index contributed by atoms with van der Waals surface area (Å²) in [5, 5.41) is 5.26. The molecule has 27 heavy (non-hydrogen) atoms. The molecular formula is C19H20F2N4O2. The standard InChI is InChI=1S/C19H20F2N4O2/c20-14-5-7-15(8-6-14)22-18(26)13-24-9-11-25(12-10-24)19(27)23-17-4-2-1-3-16(17)21/h1-8H,9-13H2,(H,22,26)(H,23,27).